The van der Waals surface area contributed by atoms with Gasteiger partial charge in [-0.3, -0.25) is 4.68 Å². The molecule has 0 spiro atoms. The van der Waals surface area contributed by atoms with Gasteiger partial charge in [0.25, 0.3) is 0 Å². The van der Waals surface area contributed by atoms with E-state index in [0.29, 0.717) is 4.47 Å². The van der Waals surface area contributed by atoms with Gasteiger partial charge in [0.15, 0.2) is 0 Å². The normalized spacial score (nSPS) is 12.6. The van der Waals surface area contributed by atoms with Crippen LogP contribution in [0.4, 0.5) is 4.39 Å². The third-order valence-electron chi connectivity index (χ3n) is 3.01. The lowest BCUT2D eigenvalue weighted by atomic mass is 10.0. The molecule has 0 amide bonds. The van der Waals surface area contributed by atoms with Crippen molar-refractivity contribution < 1.29 is 4.39 Å². The summed E-state index contributed by atoms with van der Waals surface area (Å²) in [6.45, 7) is 5.69. The summed E-state index contributed by atoms with van der Waals surface area (Å²) in [5, 5.41) is 7.65. The van der Waals surface area contributed by atoms with Crippen molar-refractivity contribution in [2.24, 2.45) is 0 Å². The average Bonchev–Trinajstić information content (AvgIpc) is 2.88. The van der Waals surface area contributed by atoms with E-state index in [2.05, 4.69) is 26.3 Å². The molecule has 0 radical (unpaired) electrons. The van der Waals surface area contributed by atoms with Gasteiger partial charge in [0.2, 0.25) is 0 Å². The Morgan fingerprint density at radius 1 is 1.42 bits per heavy atom. The molecule has 102 valence electrons. The van der Waals surface area contributed by atoms with E-state index in [1.54, 1.807) is 6.07 Å². The third-order valence-corrected chi connectivity index (χ3v) is 3.85. The number of nitrogens with zero attached hydrogens (tertiary/aromatic N) is 2. The third kappa shape index (κ3) is 3.04. The first-order valence-electron chi connectivity index (χ1n) is 6.37. The Morgan fingerprint density at radius 3 is 2.84 bits per heavy atom. The predicted octanol–water partition coefficient (Wildman–Crippen LogP) is 3.50. The van der Waals surface area contributed by atoms with Gasteiger partial charge in [0.1, 0.15) is 5.82 Å². The van der Waals surface area contributed by atoms with Crippen molar-refractivity contribution in [1.29, 1.82) is 0 Å². The summed E-state index contributed by atoms with van der Waals surface area (Å²) in [5.41, 5.74) is 1.92. The second-order valence-corrected chi connectivity index (χ2v) is 5.06. The maximum atomic E-state index is 13.7. The Balaban J connectivity index is 2.42. The highest BCUT2D eigenvalue weighted by atomic mass is 79.9. The number of aryl methyl sites for hydroxylation is 1. The van der Waals surface area contributed by atoms with E-state index in [1.165, 1.54) is 6.07 Å². The average molecular weight is 326 g/mol. The number of nitrogens with one attached hydrogen (secondary N) is 1. The van der Waals surface area contributed by atoms with E-state index >= 15 is 0 Å². The molecule has 1 heterocycles. The molecule has 1 atom stereocenters. The fourth-order valence-corrected chi connectivity index (χ4v) is 2.55. The number of aromatic nitrogens is 2. The van der Waals surface area contributed by atoms with Gasteiger partial charge in [-0.15, -0.1) is 0 Å². The fraction of sp³-hybridized carbons (Fsp3) is 0.357. The van der Waals surface area contributed by atoms with Gasteiger partial charge in [-0.25, -0.2) is 4.39 Å². The number of halogens is 2. The molecule has 0 aliphatic rings. The lowest BCUT2D eigenvalue weighted by Gasteiger charge is -2.18. The first kappa shape index (κ1) is 14.2. The summed E-state index contributed by atoms with van der Waals surface area (Å²) >= 11 is 3.33. The summed E-state index contributed by atoms with van der Waals surface area (Å²) in [4.78, 5) is 0. The van der Waals surface area contributed by atoms with Crippen molar-refractivity contribution >= 4 is 15.9 Å². The van der Waals surface area contributed by atoms with Crippen LogP contribution < -0.4 is 5.32 Å². The molecule has 2 aromatic rings. The van der Waals surface area contributed by atoms with Gasteiger partial charge in [0, 0.05) is 18.3 Å². The topological polar surface area (TPSA) is 29.9 Å². The molecule has 0 saturated carbocycles. The van der Waals surface area contributed by atoms with Crippen molar-refractivity contribution in [2.45, 2.75) is 26.4 Å². The minimum Gasteiger partial charge on any atom is -0.306 e. The van der Waals surface area contributed by atoms with Crippen molar-refractivity contribution in [2.75, 3.05) is 6.54 Å². The van der Waals surface area contributed by atoms with Crippen LogP contribution in [0.5, 0.6) is 0 Å². The molecule has 0 aliphatic heterocycles. The Labute approximate surface area is 121 Å². The monoisotopic (exact) mass is 325 g/mol. The molecule has 1 aromatic heterocycles. The zero-order valence-electron chi connectivity index (χ0n) is 11.0. The first-order valence-corrected chi connectivity index (χ1v) is 7.16. The van der Waals surface area contributed by atoms with Crippen LogP contribution in [0.3, 0.4) is 0 Å². The maximum absolute atomic E-state index is 13.7. The second-order valence-electron chi connectivity index (χ2n) is 4.26. The zero-order chi connectivity index (χ0) is 13.8. The SMILES string of the molecule is CCNC(c1cnn(CC)c1)c1cccc(F)c1Br. The largest absolute Gasteiger partial charge is 0.306 e. The molecule has 2 rings (SSSR count). The second kappa shape index (κ2) is 6.30. The highest BCUT2D eigenvalue weighted by Gasteiger charge is 2.19. The fourth-order valence-electron chi connectivity index (χ4n) is 2.06. The van der Waals surface area contributed by atoms with E-state index in [9.17, 15) is 4.39 Å². The van der Waals surface area contributed by atoms with E-state index in [1.807, 2.05) is 37.0 Å². The van der Waals surface area contributed by atoms with Gasteiger partial charge in [-0.1, -0.05) is 19.1 Å². The van der Waals surface area contributed by atoms with Crippen molar-refractivity contribution in [1.82, 2.24) is 15.1 Å². The molecule has 1 unspecified atom stereocenters. The van der Waals surface area contributed by atoms with E-state index in [-0.39, 0.29) is 11.9 Å². The highest BCUT2D eigenvalue weighted by Crippen LogP contribution is 2.30. The Bertz CT molecular complexity index is 553. The Kier molecular flexibility index (Phi) is 4.71. The summed E-state index contributed by atoms with van der Waals surface area (Å²) < 4.78 is 16.0. The van der Waals surface area contributed by atoms with Gasteiger partial charge in [-0.2, -0.15) is 5.10 Å². The van der Waals surface area contributed by atoms with Gasteiger partial charge >= 0.3 is 0 Å². The molecule has 1 aromatic carbocycles. The maximum Gasteiger partial charge on any atom is 0.137 e. The van der Waals surface area contributed by atoms with Crippen LogP contribution in [0.1, 0.15) is 31.0 Å². The van der Waals surface area contributed by atoms with Gasteiger partial charge < -0.3 is 5.32 Å². The number of hydrogen-bond donors (Lipinski definition) is 1. The molecule has 5 heteroatoms. The van der Waals surface area contributed by atoms with Crippen LogP contribution in [0.25, 0.3) is 0 Å². The first-order chi connectivity index (χ1) is 9.17. The Morgan fingerprint density at radius 2 is 2.21 bits per heavy atom. The van der Waals surface area contributed by atoms with Crippen LogP contribution >= 0.6 is 15.9 Å². The quantitative estimate of drug-likeness (QED) is 0.911. The summed E-state index contributed by atoms with van der Waals surface area (Å²) in [6.07, 6.45) is 3.82. The molecule has 0 bridgehead atoms. The predicted molar refractivity (Wildman–Crippen MR) is 77.5 cm³/mol. The minimum atomic E-state index is -0.247. The lowest BCUT2D eigenvalue weighted by molar-refractivity contribution is 0.594. The van der Waals surface area contributed by atoms with Crippen LogP contribution in [0, 0.1) is 5.82 Å². The highest BCUT2D eigenvalue weighted by molar-refractivity contribution is 9.10. The zero-order valence-corrected chi connectivity index (χ0v) is 12.6. The van der Waals surface area contributed by atoms with E-state index in [0.717, 1.165) is 24.2 Å². The lowest BCUT2D eigenvalue weighted by Crippen LogP contribution is -2.22. The van der Waals surface area contributed by atoms with Gasteiger partial charge in [-0.05, 0) is 41.0 Å². The van der Waals surface area contributed by atoms with Crippen molar-refractivity contribution in [3.8, 4) is 0 Å². The summed E-state index contributed by atoms with van der Waals surface area (Å²) in [7, 11) is 0. The summed E-state index contributed by atoms with van der Waals surface area (Å²) in [6, 6.07) is 5.04. The van der Waals surface area contributed by atoms with E-state index in [4.69, 9.17) is 0 Å². The molecule has 0 saturated heterocycles. The molecule has 3 nitrogen and oxygen atoms in total. The molecular weight excluding hydrogens is 309 g/mol. The van der Waals surface area contributed by atoms with Crippen LogP contribution in [-0.2, 0) is 6.54 Å². The minimum absolute atomic E-state index is 0.0598. The smallest absolute Gasteiger partial charge is 0.137 e. The number of rotatable bonds is 5. The van der Waals surface area contributed by atoms with Crippen molar-refractivity contribution in [3.63, 3.8) is 0 Å². The number of benzene rings is 1. The summed E-state index contributed by atoms with van der Waals surface area (Å²) in [5.74, 6) is -0.247. The van der Waals surface area contributed by atoms with Crippen LogP contribution in [0.15, 0.2) is 35.1 Å². The number of hydrogen-bond acceptors (Lipinski definition) is 2. The Hall–Kier alpha value is -1.20. The van der Waals surface area contributed by atoms with E-state index < -0.39 is 0 Å². The molecular formula is C14H17BrFN3. The van der Waals surface area contributed by atoms with Crippen LogP contribution in [-0.4, -0.2) is 16.3 Å². The molecule has 1 N–H and O–H groups in total. The molecule has 19 heavy (non-hydrogen) atoms. The van der Waals surface area contributed by atoms with Crippen LogP contribution in [0.2, 0.25) is 0 Å². The molecule has 0 aliphatic carbocycles. The molecule has 0 fully saturated rings. The standard InChI is InChI=1S/C14H17BrFN3/c1-3-17-14(10-8-18-19(4-2)9-10)11-6-5-7-12(16)13(11)15/h5-9,14,17H,3-4H2,1-2H3. The van der Waals surface area contributed by atoms with Crippen molar-refractivity contribution in [3.05, 3.63) is 52.0 Å². The van der Waals surface area contributed by atoms with Gasteiger partial charge in [0.05, 0.1) is 16.7 Å².